The number of rotatable bonds is 3. The highest BCUT2D eigenvalue weighted by Gasteiger charge is 2.49. The molecule has 0 aromatic heterocycles. The van der Waals surface area contributed by atoms with Gasteiger partial charge in [0, 0.05) is 6.04 Å². The van der Waals surface area contributed by atoms with Crippen LogP contribution in [-0.4, -0.2) is 17.5 Å². The van der Waals surface area contributed by atoms with E-state index in [9.17, 15) is 4.79 Å². The first-order valence-corrected chi connectivity index (χ1v) is 4.70. The van der Waals surface area contributed by atoms with Crippen molar-refractivity contribution < 1.29 is 4.79 Å². The van der Waals surface area contributed by atoms with Crippen molar-refractivity contribution >= 4 is 5.91 Å². The van der Waals surface area contributed by atoms with Gasteiger partial charge in [0.1, 0.15) is 0 Å². The van der Waals surface area contributed by atoms with Crippen molar-refractivity contribution in [1.82, 2.24) is 5.32 Å². The zero-order valence-electron chi connectivity index (χ0n) is 7.47. The van der Waals surface area contributed by atoms with Crippen molar-refractivity contribution in [3.8, 4) is 0 Å². The van der Waals surface area contributed by atoms with Crippen LogP contribution in [0.1, 0.15) is 32.6 Å². The molecule has 2 fully saturated rings. The second-order valence-corrected chi connectivity index (χ2v) is 4.38. The molecule has 0 bridgehead atoms. The minimum atomic E-state index is -0.333. The van der Waals surface area contributed by atoms with E-state index in [1.807, 2.05) is 0 Å². The van der Waals surface area contributed by atoms with Gasteiger partial charge in [-0.2, -0.15) is 0 Å². The number of primary amides is 1. The number of nitrogens with two attached hydrogens (primary N) is 1. The summed E-state index contributed by atoms with van der Waals surface area (Å²) in [7, 11) is 0. The van der Waals surface area contributed by atoms with Gasteiger partial charge in [-0.05, 0) is 31.6 Å². The summed E-state index contributed by atoms with van der Waals surface area (Å²) in [5, 5.41) is 3.36. The molecule has 0 unspecified atom stereocenters. The Bertz CT molecular complexity index is 205. The third kappa shape index (κ3) is 1.22. The highest BCUT2D eigenvalue weighted by molar-refractivity contribution is 5.86. The third-order valence-electron chi connectivity index (χ3n) is 2.92. The van der Waals surface area contributed by atoms with E-state index in [-0.39, 0.29) is 11.4 Å². The minimum Gasteiger partial charge on any atom is -0.368 e. The highest BCUT2D eigenvalue weighted by atomic mass is 16.1. The molecular formula is C9H16N2O. The summed E-state index contributed by atoms with van der Waals surface area (Å²) in [4.78, 5) is 11.2. The van der Waals surface area contributed by atoms with Gasteiger partial charge in [-0.3, -0.25) is 4.79 Å². The molecule has 0 aromatic rings. The molecule has 0 atom stereocenters. The molecule has 0 radical (unpaired) electrons. The van der Waals surface area contributed by atoms with Gasteiger partial charge in [0.2, 0.25) is 5.91 Å². The maximum Gasteiger partial charge on any atom is 0.237 e. The van der Waals surface area contributed by atoms with Crippen molar-refractivity contribution in [1.29, 1.82) is 0 Å². The molecule has 0 saturated heterocycles. The average Bonchev–Trinajstić information content (AvgIpc) is 2.67. The Morgan fingerprint density at radius 1 is 1.50 bits per heavy atom. The molecule has 1 amide bonds. The number of hydrogen-bond donors (Lipinski definition) is 2. The fraction of sp³-hybridized carbons (Fsp3) is 0.889. The summed E-state index contributed by atoms with van der Waals surface area (Å²) in [6.45, 7) is 2.16. The van der Waals surface area contributed by atoms with Gasteiger partial charge >= 0.3 is 0 Å². The van der Waals surface area contributed by atoms with E-state index in [0.717, 1.165) is 12.8 Å². The summed E-state index contributed by atoms with van der Waals surface area (Å²) in [6, 6.07) is 0.574. The first-order valence-electron chi connectivity index (χ1n) is 4.70. The first-order chi connectivity index (χ1) is 5.62. The number of carbonyl (C=O) groups excluding carboxylic acids is 1. The highest BCUT2D eigenvalue weighted by Crippen LogP contribution is 2.39. The van der Waals surface area contributed by atoms with Gasteiger partial charge in [0.15, 0.2) is 0 Å². The summed E-state index contributed by atoms with van der Waals surface area (Å²) in [5.74, 6) is 0.497. The second-order valence-electron chi connectivity index (χ2n) is 4.38. The predicted octanol–water partition coefficient (Wildman–Crippen LogP) is 0.392. The SMILES string of the molecule is CC1CC(NC2CC2)(C(N)=O)C1. The Balaban J connectivity index is 1.97. The number of amides is 1. The van der Waals surface area contributed by atoms with Crippen molar-refractivity contribution in [3.63, 3.8) is 0 Å². The van der Waals surface area contributed by atoms with Gasteiger partial charge in [0.05, 0.1) is 5.54 Å². The molecule has 12 heavy (non-hydrogen) atoms. The summed E-state index contributed by atoms with van der Waals surface area (Å²) < 4.78 is 0. The van der Waals surface area contributed by atoms with Crippen LogP contribution in [0.25, 0.3) is 0 Å². The standard InChI is InChI=1S/C9H16N2O/c1-6-4-9(5-6,8(10)12)11-7-2-3-7/h6-7,11H,2-5H2,1H3,(H2,10,12). The van der Waals surface area contributed by atoms with E-state index in [2.05, 4.69) is 12.2 Å². The first kappa shape index (κ1) is 8.05. The number of carbonyl (C=O) groups is 1. The number of hydrogen-bond acceptors (Lipinski definition) is 2. The lowest BCUT2D eigenvalue weighted by atomic mass is 9.68. The molecule has 2 aliphatic rings. The summed E-state index contributed by atoms with van der Waals surface area (Å²) in [6.07, 6.45) is 4.28. The van der Waals surface area contributed by atoms with Crippen LogP contribution >= 0.6 is 0 Å². The van der Waals surface area contributed by atoms with Crippen LogP contribution < -0.4 is 11.1 Å². The van der Waals surface area contributed by atoms with Gasteiger partial charge < -0.3 is 11.1 Å². The Hall–Kier alpha value is -0.570. The molecule has 0 spiro atoms. The fourth-order valence-corrected chi connectivity index (χ4v) is 2.14. The van der Waals surface area contributed by atoms with Crippen molar-refractivity contribution in [2.75, 3.05) is 0 Å². The Kier molecular flexibility index (Phi) is 1.65. The lowest BCUT2D eigenvalue weighted by molar-refractivity contribution is -0.129. The molecule has 3 N–H and O–H groups in total. The molecule has 0 heterocycles. The van der Waals surface area contributed by atoms with Crippen LogP contribution in [0.5, 0.6) is 0 Å². The second kappa shape index (κ2) is 2.46. The van der Waals surface area contributed by atoms with E-state index in [4.69, 9.17) is 5.73 Å². The van der Waals surface area contributed by atoms with Crippen LogP contribution in [0.4, 0.5) is 0 Å². The molecule has 2 saturated carbocycles. The molecule has 2 aliphatic carbocycles. The predicted molar refractivity (Wildman–Crippen MR) is 46.5 cm³/mol. The topological polar surface area (TPSA) is 55.1 Å². The largest absolute Gasteiger partial charge is 0.368 e. The molecule has 0 aromatic carbocycles. The minimum absolute atomic E-state index is 0.160. The lowest BCUT2D eigenvalue weighted by Gasteiger charge is -2.44. The van der Waals surface area contributed by atoms with Crippen molar-refractivity contribution in [3.05, 3.63) is 0 Å². The van der Waals surface area contributed by atoms with E-state index >= 15 is 0 Å². The van der Waals surface area contributed by atoms with Crippen LogP contribution in [0.2, 0.25) is 0 Å². The fourth-order valence-electron chi connectivity index (χ4n) is 2.14. The Labute approximate surface area is 72.7 Å². The molecule has 0 aliphatic heterocycles. The normalized spacial score (nSPS) is 40.6. The van der Waals surface area contributed by atoms with Crippen molar-refractivity contribution in [2.24, 2.45) is 11.7 Å². The monoisotopic (exact) mass is 168 g/mol. The van der Waals surface area contributed by atoms with E-state index < -0.39 is 0 Å². The Morgan fingerprint density at radius 2 is 2.08 bits per heavy atom. The van der Waals surface area contributed by atoms with Crippen molar-refractivity contribution in [2.45, 2.75) is 44.2 Å². The molecule has 68 valence electrons. The van der Waals surface area contributed by atoms with Gasteiger partial charge in [-0.1, -0.05) is 6.92 Å². The van der Waals surface area contributed by atoms with Crippen LogP contribution in [0.15, 0.2) is 0 Å². The third-order valence-corrected chi connectivity index (χ3v) is 2.92. The molecular weight excluding hydrogens is 152 g/mol. The lowest BCUT2D eigenvalue weighted by Crippen LogP contribution is -2.63. The Morgan fingerprint density at radius 3 is 2.42 bits per heavy atom. The van der Waals surface area contributed by atoms with Gasteiger partial charge in [-0.15, -0.1) is 0 Å². The van der Waals surface area contributed by atoms with Crippen LogP contribution in [0, 0.1) is 5.92 Å². The summed E-state index contributed by atoms with van der Waals surface area (Å²) >= 11 is 0. The summed E-state index contributed by atoms with van der Waals surface area (Å²) in [5.41, 5.74) is 5.04. The van der Waals surface area contributed by atoms with E-state index in [1.54, 1.807) is 0 Å². The molecule has 3 nitrogen and oxygen atoms in total. The molecule has 3 heteroatoms. The maximum atomic E-state index is 11.2. The zero-order valence-corrected chi connectivity index (χ0v) is 7.47. The van der Waals surface area contributed by atoms with Gasteiger partial charge in [0.25, 0.3) is 0 Å². The van der Waals surface area contributed by atoms with Crippen LogP contribution in [0.3, 0.4) is 0 Å². The average molecular weight is 168 g/mol. The van der Waals surface area contributed by atoms with E-state index in [0.29, 0.717) is 12.0 Å². The molecule has 2 rings (SSSR count). The smallest absolute Gasteiger partial charge is 0.237 e. The number of nitrogens with one attached hydrogen (secondary N) is 1. The maximum absolute atomic E-state index is 11.2. The van der Waals surface area contributed by atoms with Crippen LogP contribution in [-0.2, 0) is 4.79 Å². The van der Waals surface area contributed by atoms with E-state index in [1.165, 1.54) is 12.8 Å². The zero-order chi connectivity index (χ0) is 8.77. The quantitative estimate of drug-likeness (QED) is 0.640. The van der Waals surface area contributed by atoms with Gasteiger partial charge in [-0.25, -0.2) is 0 Å².